The van der Waals surface area contributed by atoms with Gasteiger partial charge in [-0.25, -0.2) is 19.3 Å². The maximum Gasteiger partial charge on any atom is 0.339 e. The molecule has 1 aliphatic rings. The van der Waals surface area contributed by atoms with E-state index in [1.54, 1.807) is 55.6 Å². The van der Waals surface area contributed by atoms with E-state index in [1.165, 1.54) is 33.2 Å². The molecule has 0 bridgehead atoms. The van der Waals surface area contributed by atoms with Crippen molar-refractivity contribution in [2.24, 2.45) is 0 Å². The minimum Gasteiger partial charge on any atom is -0.457 e. The van der Waals surface area contributed by atoms with Crippen LogP contribution in [0.15, 0.2) is 102 Å². The summed E-state index contributed by atoms with van der Waals surface area (Å²) in [4.78, 5) is 36.8. The van der Waals surface area contributed by atoms with Gasteiger partial charge in [0.1, 0.15) is 23.3 Å². The number of carbonyl (C=O) groups excluding carboxylic acids is 1. The number of fused-ring (bicyclic) bond motifs is 1. The fraction of sp³-hybridized carbons (Fsp3) is 0.161. The monoisotopic (exact) mass is 547 g/mol. The Bertz CT molecular complexity index is 1790. The van der Waals surface area contributed by atoms with Crippen molar-refractivity contribution in [3.63, 3.8) is 0 Å². The van der Waals surface area contributed by atoms with Crippen LogP contribution >= 0.6 is 0 Å². The number of benzene rings is 3. The first-order valence-electron chi connectivity index (χ1n) is 13.3. The van der Waals surface area contributed by atoms with Crippen LogP contribution in [-0.4, -0.2) is 44.6 Å². The number of para-hydroxylation sites is 1. The van der Waals surface area contributed by atoms with Crippen molar-refractivity contribution < 1.29 is 9.53 Å². The van der Waals surface area contributed by atoms with Crippen LogP contribution in [0, 0.1) is 0 Å². The standard InChI is InChI=1S/C31H29N7O3/c1-36(27(39)11-6-18-33-21-12-13-21)23-7-5-8-24(19-23)38-30-28(29(32)34-20-35-30)37(31(38)40)22-14-16-26(17-15-22)41-25-9-3-2-4-10-25/h2-11,14-17,19-21,33H,12-13,18H2,1H3,(H2,32,34,35). The first-order valence-corrected chi connectivity index (χ1v) is 13.3. The van der Waals surface area contributed by atoms with Crippen molar-refractivity contribution in [3.8, 4) is 22.9 Å². The number of anilines is 2. The Morgan fingerprint density at radius 2 is 1.76 bits per heavy atom. The fourth-order valence-electron chi connectivity index (χ4n) is 4.57. The highest BCUT2D eigenvalue weighted by atomic mass is 16.5. The molecule has 1 saturated carbocycles. The van der Waals surface area contributed by atoms with Crippen LogP contribution < -0.4 is 26.4 Å². The molecule has 1 fully saturated rings. The number of nitrogens with two attached hydrogens (primary N) is 1. The van der Waals surface area contributed by atoms with Crippen LogP contribution in [0.5, 0.6) is 11.5 Å². The van der Waals surface area contributed by atoms with Gasteiger partial charge in [0.05, 0.1) is 11.4 Å². The number of hydrogen-bond acceptors (Lipinski definition) is 7. The molecule has 206 valence electrons. The second kappa shape index (κ2) is 11.1. The summed E-state index contributed by atoms with van der Waals surface area (Å²) in [6.45, 7) is 0.652. The summed E-state index contributed by atoms with van der Waals surface area (Å²) in [5.41, 5.74) is 8.38. The highest BCUT2D eigenvalue weighted by molar-refractivity contribution is 6.01. The number of imidazole rings is 1. The predicted octanol–water partition coefficient (Wildman–Crippen LogP) is 4.22. The van der Waals surface area contributed by atoms with Gasteiger partial charge >= 0.3 is 5.69 Å². The SMILES string of the molecule is CN(C(=O)C=CCNC1CC1)c1cccc(-n2c(=O)n(-c3ccc(Oc4ccccc4)cc3)c3c(N)ncnc32)c1. The van der Waals surface area contributed by atoms with Gasteiger partial charge in [0, 0.05) is 31.4 Å². The van der Waals surface area contributed by atoms with Crippen molar-refractivity contribution in [2.45, 2.75) is 18.9 Å². The highest BCUT2D eigenvalue weighted by Crippen LogP contribution is 2.27. The Morgan fingerprint density at radius 3 is 2.51 bits per heavy atom. The van der Waals surface area contributed by atoms with Crippen molar-refractivity contribution in [1.29, 1.82) is 0 Å². The molecule has 3 aromatic carbocycles. The molecule has 0 aliphatic heterocycles. The van der Waals surface area contributed by atoms with Gasteiger partial charge in [-0.1, -0.05) is 30.3 Å². The van der Waals surface area contributed by atoms with Crippen LogP contribution in [0.1, 0.15) is 12.8 Å². The van der Waals surface area contributed by atoms with E-state index < -0.39 is 0 Å². The van der Waals surface area contributed by atoms with Crippen molar-refractivity contribution >= 4 is 28.6 Å². The van der Waals surface area contributed by atoms with Gasteiger partial charge in [-0.15, -0.1) is 0 Å². The zero-order chi connectivity index (χ0) is 28.3. The molecule has 2 heterocycles. The smallest absolute Gasteiger partial charge is 0.339 e. The Labute approximate surface area is 236 Å². The number of hydrogen-bond donors (Lipinski definition) is 2. The fourth-order valence-corrected chi connectivity index (χ4v) is 4.57. The number of ether oxygens (including phenoxy) is 1. The third-order valence-electron chi connectivity index (χ3n) is 6.89. The first kappa shape index (κ1) is 26.0. The van der Waals surface area contributed by atoms with Crippen molar-refractivity contribution in [1.82, 2.24) is 24.4 Å². The molecule has 5 aromatic rings. The van der Waals surface area contributed by atoms with Crippen molar-refractivity contribution in [2.75, 3.05) is 24.2 Å². The Morgan fingerprint density at radius 1 is 1.00 bits per heavy atom. The van der Waals surface area contributed by atoms with Gasteiger partial charge in [-0.3, -0.25) is 9.36 Å². The molecule has 41 heavy (non-hydrogen) atoms. The predicted molar refractivity (Wildman–Crippen MR) is 159 cm³/mol. The average Bonchev–Trinajstić information content (AvgIpc) is 3.77. The van der Waals surface area contributed by atoms with E-state index in [2.05, 4.69) is 15.3 Å². The number of nitrogen functional groups attached to an aromatic ring is 1. The third-order valence-corrected chi connectivity index (χ3v) is 6.89. The molecule has 2 aromatic heterocycles. The van der Waals surface area contributed by atoms with Gasteiger partial charge in [0.25, 0.3) is 0 Å². The molecule has 6 rings (SSSR count). The second-order valence-electron chi connectivity index (χ2n) is 9.80. The summed E-state index contributed by atoms with van der Waals surface area (Å²) in [5.74, 6) is 1.34. The van der Waals surface area contributed by atoms with E-state index in [0.717, 1.165) is 0 Å². The highest BCUT2D eigenvalue weighted by Gasteiger charge is 2.21. The zero-order valence-electron chi connectivity index (χ0n) is 22.5. The van der Waals surface area contributed by atoms with Crippen LogP contribution in [0.25, 0.3) is 22.5 Å². The normalized spacial score (nSPS) is 13.1. The molecule has 10 nitrogen and oxygen atoms in total. The number of aromatic nitrogens is 4. The lowest BCUT2D eigenvalue weighted by Gasteiger charge is -2.16. The van der Waals surface area contributed by atoms with E-state index in [0.29, 0.717) is 52.3 Å². The molecule has 1 aliphatic carbocycles. The molecule has 0 saturated heterocycles. The number of nitrogens with zero attached hydrogens (tertiary/aromatic N) is 5. The molecule has 0 unspecified atom stereocenters. The summed E-state index contributed by atoms with van der Waals surface area (Å²) in [5, 5.41) is 3.35. The van der Waals surface area contributed by atoms with Gasteiger partial charge in [0.2, 0.25) is 5.91 Å². The van der Waals surface area contributed by atoms with E-state index in [1.807, 2.05) is 42.5 Å². The third kappa shape index (κ3) is 5.45. The second-order valence-corrected chi connectivity index (χ2v) is 9.80. The minimum absolute atomic E-state index is 0.168. The maximum atomic E-state index is 13.9. The number of amides is 1. The quantitative estimate of drug-likeness (QED) is 0.265. The number of likely N-dealkylation sites (N-methyl/N-ethyl adjacent to an activating group) is 1. The van der Waals surface area contributed by atoms with Crippen LogP contribution in [-0.2, 0) is 4.79 Å². The molecule has 0 spiro atoms. The minimum atomic E-state index is -0.374. The van der Waals surface area contributed by atoms with E-state index in [9.17, 15) is 9.59 Å². The van der Waals surface area contributed by atoms with Crippen LogP contribution in [0.3, 0.4) is 0 Å². The maximum absolute atomic E-state index is 13.9. The Balaban J connectivity index is 1.33. The topological polar surface area (TPSA) is 120 Å². The van der Waals surface area contributed by atoms with E-state index >= 15 is 0 Å². The van der Waals surface area contributed by atoms with Crippen molar-refractivity contribution in [3.05, 3.63) is 108 Å². The van der Waals surface area contributed by atoms with Crippen LogP contribution in [0.4, 0.5) is 11.5 Å². The summed E-state index contributed by atoms with van der Waals surface area (Å²) in [6, 6.07) is 24.3. The number of carbonyl (C=O) groups is 1. The zero-order valence-corrected chi connectivity index (χ0v) is 22.5. The Kier molecular flexibility index (Phi) is 7.05. The lowest BCUT2D eigenvalue weighted by atomic mass is 10.2. The van der Waals surface area contributed by atoms with Gasteiger partial charge in [0.15, 0.2) is 11.5 Å². The average molecular weight is 548 g/mol. The van der Waals surface area contributed by atoms with Gasteiger partial charge in [-0.2, -0.15) is 0 Å². The van der Waals surface area contributed by atoms with Gasteiger partial charge < -0.3 is 20.7 Å². The Hall–Kier alpha value is -5.22. The summed E-state index contributed by atoms with van der Waals surface area (Å²) < 4.78 is 8.85. The molecular formula is C31H29N7O3. The number of nitrogens with one attached hydrogen (secondary N) is 1. The molecule has 10 heteroatoms. The summed E-state index contributed by atoms with van der Waals surface area (Å²) in [6.07, 6.45) is 7.09. The molecule has 1 amide bonds. The molecule has 0 atom stereocenters. The largest absolute Gasteiger partial charge is 0.457 e. The first-order chi connectivity index (χ1) is 20.0. The molecule has 0 radical (unpaired) electrons. The summed E-state index contributed by atoms with van der Waals surface area (Å²) in [7, 11) is 1.70. The van der Waals surface area contributed by atoms with E-state index in [4.69, 9.17) is 10.5 Å². The summed E-state index contributed by atoms with van der Waals surface area (Å²) >= 11 is 0. The lowest BCUT2D eigenvalue weighted by Crippen LogP contribution is -2.25. The van der Waals surface area contributed by atoms with Gasteiger partial charge in [-0.05, 0) is 67.4 Å². The van der Waals surface area contributed by atoms with E-state index in [-0.39, 0.29) is 17.4 Å². The lowest BCUT2D eigenvalue weighted by molar-refractivity contribution is -0.113. The molecule has 3 N–H and O–H groups in total. The molecular weight excluding hydrogens is 518 g/mol. The number of rotatable bonds is 9. The van der Waals surface area contributed by atoms with Crippen LogP contribution in [0.2, 0.25) is 0 Å².